The van der Waals surface area contributed by atoms with Crippen molar-refractivity contribution in [3.8, 4) is 11.6 Å². The summed E-state index contributed by atoms with van der Waals surface area (Å²) >= 11 is 2.28. The second kappa shape index (κ2) is 6.23. The van der Waals surface area contributed by atoms with Crippen molar-refractivity contribution in [2.45, 2.75) is 20.3 Å². The number of hydrogen-bond acceptors (Lipinski definition) is 5. The van der Waals surface area contributed by atoms with Gasteiger partial charge in [0.1, 0.15) is 5.82 Å². The van der Waals surface area contributed by atoms with E-state index in [0.29, 0.717) is 17.6 Å². The Hall–Kier alpha value is -1.31. The number of nitrogens with one attached hydrogen (secondary N) is 1. The monoisotopic (exact) mass is 369 g/mol. The highest BCUT2D eigenvalue weighted by atomic mass is 127. The molecule has 2 rings (SSSR count). The van der Waals surface area contributed by atoms with Gasteiger partial charge in [0.05, 0.1) is 9.26 Å². The van der Waals surface area contributed by atoms with Gasteiger partial charge in [0.15, 0.2) is 11.6 Å². The van der Waals surface area contributed by atoms with E-state index >= 15 is 0 Å². The summed E-state index contributed by atoms with van der Waals surface area (Å²) in [5.41, 5.74) is 1.04. The highest BCUT2D eigenvalue weighted by Gasteiger charge is 2.14. The largest absolute Gasteiger partial charge is 0.372 e. The molecule has 0 aliphatic carbocycles. The average molecular weight is 369 g/mol. The van der Waals surface area contributed by atoms with Gasteiger partial charge in [-0.05, 0) is 41.0 Å². The highest BCUT2D eigenvalue weighted by Crippen LogP contribution is 2.23. The Kier molecular flexibility index (Phi) is 4.62. The smallest absolute Gasteiger partial charge is 0.200 e. The second-order valence-electron chi connectivity index (χ2n) is 4.58. The maximum Gasteiger partial charge on any atom is 0.200 e. The maximum absolute atomic E-state index is 4.61. The van der Waals surface area contributed by atoms with Crippen LogP contribution in [-0.4, -0.2) is 27.0 Å². The van der Waals surface area contributed by atoms with Gasteiger partial charge >= 0.3 is 0 Å². The Morgan fingerprint density at radius 3 is 2.42 bits per heavy atom. The van der Waals surface area contributed by atoms with Gasteiger partial charge in [-0.2, -0.15) is 0 Å². The van der Waals surface area contributed by atoms with E-state index in [1.54, 1.807) is 18.5 Å². The predicted molar refractivity (Wildman–Crippen MR) is 83.9 cm³/mol. The quantitative estimate of drug-likeness (QED) is 0.840. The summed E-state index contributed by atoms with van der Waals surface area (Å²) in [6.07, 6.45) is 4.31. The predicted octanol–water partition coefficient (Wildman–Crippen LogP) is 2.78. The maximum atomic E-state index is 4.61. The Bertz CT molecular complexity index is 556. The molecule has 2 aromatic rings. The van der Waals surface area contributed by atoms with E-state index in [9.17, 15) is 0 Å². The molecule has 6 heteroatoms. The molecule has 0 saturated carbocycles. The number of hydrogen-bond donors (Lipinski definition) is 1. The third-order valence-corrected chi connectivity index (χ3v) is 3.66. The normalized spacial score (nSPS) is 10.8. The summed E-state index contributed by atoms with van der Waals surface area (Å²) in [7, 11) is 1.86. The van der Waals surface area contributed by atoms with Gasteiger partial charge in [0, 0.05) is 19.4 Å². The highest BCUT2D eigenvalue weighted by molar-refractivity contribution is 14.1. The van der Waals surface area contributed by atoms with Gasteiger partial charge in [-0.1, -0.05) is 13.8 Å². The third kappa shape index (κ3) is 3.37. The zero-order chi connectivity index (χ0) is 13.8. The molecule has 0 aliphatic rings. The fourth-order valence-electron chi connectivity index (χ4n) is 1.70. The van der Waals surface area contributed by atoms with Crippen molar-refractivity contribution < 1.29 is 0 Å². The van der Waals surface area contributed by atoms with Crippen molar-refractivity contribution >= 4 is 28.4 Å². The first-order valence-electron chi connectivity index (χ1n) is 6.13. The molecule has 0 spiro atoms. The Labute approximate surface area is 126 Å². The molecule has 0 aliphatic heterocycles. The molecular weight excluding hydrogens is 353 g/mol. The number of aromatic nitrogens is 4. The number of rotatable bonds is 4. The van der Waals surface area contributed by atoms with Gasteiger partial charge in [-0.15, -0.1) is 0 Å². The molecular formula is C13H16IN5. The second-order valence-corrected chi connectivity index (χ2v) is 5.66. The van der Waals surface area contributed by atoms with Crippen LogP contribution in [0, 0.1) is 9.49 Å². The fraction of sp³-hybridized carbons (Fsp3) is 0.385. The molecule has 19 heavy (non-hydrogen) atoms. The lowest BCUT2D eigenvalue weighted by Gasteiger charge is -2.12. The van der Waals surface area contributed by atoms with Crippen LogP contribution in [-0.2, 0) is 6.42 Å². The van der Waals surface area contributed by atoms with Crippen molar-refractivity contribution in [3.63, 3.8) is 0 Å². The van der Waals surface area contributed by atoms with Gasteiger partial charge in [0.2, 0.25) is 0 Å². The molecule has 0 amide bonds. The number of anilines is 1. The van der Waals surface area contributed by atoms with E-state index in [0.717, 1.165) is 21.5 Å². The standard InChI is InChI=1S/C13H16IN5/c1-8(2)7-9-10(14)11(15-3)19-13(18-9)12-16-5-4-6-17-12/h4-6,8H,7H2,1-3H3,(H,15,18,19). The summed E-state index contributed by atoms with van der Waals surface area (Å²) in [6, 6.07) is 1.78. The third-order valence-electron chi connectivity index (χ3n) is 2.52. The molecule has 0 bridgehead atoms. The van der Waals surface area contributed by atoms with E-state index in [2.05, 4.69) is 61.7 Å². The van der Waals surface area contributed by atoms with Crippen molar-refractivity contribution in [2.75, 3.05) is 12.4 Å². The van der Waals surface area contributed by atoms with Crippen LogP contribution in [0.15, 0.2) is 18.5 Å². The fourth-order valence-corrected chi connectivity index (χ4v) is 2.43. The average Bonchev–Trinajstić information content (AvgIpc) is 2.41. The molecule has 0 fully saturated rings. The van der Waals surface area contributed by atoms with Gasteiger partial charge in [-0.3, -0.25) is 0 Å². The molecule has 2 aromatic heterocycles. The van der Waals surface area contributed by atoms with Gasteiger partial charge in [-0.25, -0.2) is 19.9 Å². The van der Waals surface area contributed by atoms with Crippen LogP contribution >= 0.6 is 22.6 Å². The minimum Gasteiger partial charge on any atom is -0.372 e. The molecule has 0 atom stereocenters. The Morgan fingerprint density at radius 2 is 1.84 bits per heavy atom. The van der Waals surface area contributed by atoms with Crippen molar-refractivity contribution in [1.82, 2.24) is 19.9 Å². The SMILES string of the molecule is CNc1nc(-c2ncccn2)nc(CC(C)C)c1I. The molecule has 2 heterocycles. The van der Waals surface area contributed by atoms with Crippen LogP contribution in [0.2, 0.25) is 0 Å². The molecule has 0 saturated heterocycles. The molecule has 0 radical (unpaired) electrons. The lowest BCUT2D eigenvalue weighted by molar-refractivity contribution is 0.632. The van der Waals surface area contributed by atoms with Crippen molar-refractivity contribution in [2.24, 2.45) is 5.92 Å². The van der Waals surface area contributed by atoms with Crippen LogP contribution in [0.1, 0.15) is 19.5 Å². The first-order chi connectivity index (χ1) is 9.11. The number of halogens is 1. The summed E-state index contributed by atoms with van der Waals surface area (Å²) in [5.74, 6) is 2.49. The van der Waals surface area contributed by atoms with Gasteiger partial charge < -0.3 is 5.32 Å². The zero-order valence-electron chi connectivity index (χ0n) is 11.2. The summed E-state index contributed by atoms with van der Waals surface area (Å²) in [5, 5.41) is 3.10. The summed E-state index contributed by atoms with van der Waals surface area (Å²) in [6.45, 7) is 4.35. The van der Waals surface area contributed by atoms with E-state index in [-0.39, 0.29) is 0 Å². The molecule has 0 aromatic carbocycles. The summed E-state index contributed by atoms with van der Waals surface area (Å²) in [4.78, 5) is 17.5. The lowest BCUT2D eigenvalue weighted by Crippen LogP contribution is -2.08. The first-order valence-corrected chi connectivity index (χ1v) is 7.21. The molecule has 100 valence electrons. The molecule has 0 unspecified atom stereocenters. The molecule has 1 N–H and O–H groups in total. The topological polar surface area (TPSA) is 63.6 Å². The van der Waals surface area contributed by atoms with E-state index < -0.39 is 0 Å². The van der Waals surface area contributed by atoms with Crippen LogP contribution in [0.5, 0.6) is 0 Å². The molecule has 5 nitrogen and oxygen atoms in total. The van der Waals surface area contributed by atoms with Crippen molar-refractivity contribution in [3.05, 3.63) is 27.7 Å². The zero-order valence-corrected chi connectivity index (χ0v) is 13.3. The Morgan fingerprint density at radius 1 is 1.16 bits per heavy atom. The van der Waals surface area contributed by atoms with Crippen LogP contribution in [0.3, 0.4) is 0 Å². The minimum atomic E-state index is 0.540. The lowest BCUT2D eigenvalue weighted by atomic mass is 10.1. The first kappa shape index (κ1) is 14.1. The van der Waals surface area contributed by atoms with Crippen LogP contribution in [0.25, 0.3) is 11.6 Å². The van der Waals surface area contributed by atoms with E-state index in [4.69, 9.17) is 0 Å². The Balaban J connectivity index is 2.51. The van der Waals surface area contributed by atoms with Crippen LogP contribution in [0.4, 0.5) is 5.82 Å². The number of nitrogens with zero attached hydrogens (tertiary/aromatic N) is 4. The van der Waals surface area contributed by atoms with E-state index in [1.807, 2.05) is 7.05 Å². The van der Waals surface area contributed by atoms with Crippen molar-refractivity contribution in [1.29, 1.82) is 0 Å². The van der Waals surface area contributed by atoms with Gasteiger partial charge in [0.25, 0.3) is 0 Å². The summed E-state index contributed by atoms with van der Waals surface area (Å²) < 4.78 is 1.06. The van der Waals surface area contributed by atoms with Crippen LogP contribution < -0.4 is 5.32 Å². The van der Waals surface area contributed by atoms with E-state index in [1.165, 1.54) is 0 Å². The minimum absolute atomic E-state index is 0.540.